The van der Waals surface area contributed by atoms with Crippen molar-refractivity contribution in [2.24, 2.45) is 0 Å². The first-order chi connectivity index (χ1) is 8.91. The average molecular weight is 349 g/mol. The Morgan fingerprint density at radius 1 is 0.952 bits per heavy atom. The molecule has 0 saturated carbocycles. The molecule has 0 aliphatic rings. The Balaban J connectivity index is 0.00000200. The lowest BCUT2D eigenvalue weighted by Crippen LogP contribution is -3.00. The average Bonchev–Trinajstić information content (AvgIpc) is 2.39. The fourth-order valence-electron chi connectivity index (χ4n) is 1.70. The predicted molar refractivity (Wildman–Crippen MR) is 82.0 cm³/mol. The van der Waals surface area contributed by atoms with Crippen LogP contribution in [0.25, 0.3) is 0 Å². The molecule has 2 rings (SSSR count). The van der Waals surface area contributed by atoms with E-state index in [4.69, 9.17) is 0 Å². The molecule has 21 heavy (non-hydrogen) atoms. The molecule has 0 fully saturated rings. The SMILES string of the molecule is Cc1ccc(S(=O)(=O)[n+]2ccc(N(C)C)cc2)cc1.Cl.[Cl-]. The van der Waals surface area contributed by atoms with Gasteiger partial charge in [-0.25, -0.2) is 0 Å². The minimum atomic E-state index is -3.50. The number of rotatable bonds is 3. The highest BCUT2D eigenvalue weighted by molar-refractivity contribution is 7.85. The van der Waals surface area contributed by atoms with Gasteiger partial charge < -0.3 is 17.3 Å². The lowest BCUT2D eigenvalue weighted by atomic mass is 10.2. The van der Waals surface area contributed by atoms with Gasteiger partial charge in [-0.1, -0.05) is 21.7 Å². The van der Waals surface area contributed by atoms with E-state index < -0.39 is 10.0 Å². The summed E-state index contributed by atoms with van der Waals surface area (Å²) in [6.07, 6.45) is 3.12. The van der Waals surface area contributed by atoms with E-state index in [1.54, 1.807) is 48.8 Å². The molecule has 0 spiro atoms. The summed E-state index contributed by atoms with van der Waals surface area (Å²) in [6, 6.07) is 10.4. The third-order valence-electron chi connectivity index (χ3n) is 2.90. The Bertz CT molecular complexity index is 669. The van der Waals surface area contributed by atoms with Crippen LogP contribution in [0, 0.1) is 6.92 Å². The maximum atomic E-state index is 12.4. The van der Waals surface area contributed by atoms with Gasteiger partial charge in [0.15, 0.2) is 12.4 Å². The number of pyridine rings is 1. The summed E-state index contributed by atoms with van der Waals surface area (Å²) in [4.78, 5) is 2.21. The molecule has 0 radical (unpaired) electrons. The van der Waals surface area contributed by atoms with Crippen LogP contribution in [0.3, 0.4) is 0 Å². The monoisotopic (exact) mass is 348 g/mol. The summed E-state index contributed by atoms with van der Waals surface area (Å²) in [5, 5.41) is 0. The van der Waals surface area contributed by atoms with E-state index in [2.05, 4.69) is 0 Å². The Morgan fingerprint density at radius 2 is 1.43 bits per heavy atom. The van der Waals surface area contributed by atoms with Crippen molar-refractivity contribution in [3.63, 3.8) is 0 Å². The van der Waals surface area contributed by atoms with Crippen molar-refractivity contribution in [3.8, 4) is 0 Å². The fourth-order valence-corrected chi connectivity index (χ4v) is 2.86. The van der Waals surface area contributed by atoms with Crippen molar-refractivity contribution >= 4 is 28.1 Å². The molecule has 116 valence electrons. The highest BCUT2D eigenvalue weighted by atomic mass is 35.5. The molecule has 0 bridgehead atoms. The van der Waals surface area contributed by atoms with Crippen LogP contribution in [0.5, 0.6) is 0 Å². The van der Waals surface area contributed by atoms with Gasteiger partial charge in [0.1, 0.15) is 4.90 Å². The zero-order valence-corrected chi connectivity index (χ0v) is 14.4. The number of anilines is 1. The molecule has 0 atom stereocenters. The predicted octanol–water partition coefficient (Wildman–Crippen LogP) is -0.989. The number of hydrogen-bond donors (Lipinski definition) is 0. The van der Waals surface area contributed by atoms with Crippen LogP contribution >= 0.6 is 12.4 Å². The van der Waals surface area contributed by atoms with Crippen LogP contribution in [0.2, 0.25) is 0 Å². The van der Waals surface area contributed by atoms with Gasteiger partial charge >= 0.3 is 10.0 Å². The number of hydrogen-bond acceptors (Lipinski definition) is 3. The highest BCUT2D eigenvalue weighted by Crippen LogP contribution is 2.11. The van der Waals surface area contributed by atoms with E-state index >= 15 is 0 Å². The lowest BCUT2D eigenvalue weighted by Gasteiger charge is -2.10. The van der Waals surface area contributed by atoms with Gasteiger partial charge in [-0.3, -0.25) is 0 Å². The number of benzene rings is 1. The van der Waals surface area contributed by atoms with Crippen molar-refractivity contribution in [3.05, 3.63) is 54.4 Å². The number of aryl methyl sites for hydroxylation is 1. The van der Waals surface area contributed by atoms with Gasteiger partial charge in [0.25, 0.3) is 0 Å². The maximum absolute atomic E-state index is 12.4. The molecule has 0 saturated heterocycles. The van der Waals surface area contributed by atoms with Gasteiger partial charge in [0.2, 0.25) is 0 Å². The topological polar surface area (TPSA) is 41.3 Å². The van der Waals surface area contributed by atoms with Crippen molar-refractivity contribution in [1.29, 1.82) is 0 Å². The molecule has 1 aromatic heterocycles. The summed E-state index contributed by atoms with van der Waals surface area (Å²) in [7, 11) is 0.322. The molecule has 1 aromatic carbocycles. The van der Waals surface area contributed by atoms with Crippen molar-refractivity contribution < 1.29 is 24.8 Å². The molecule has 7 heteroatoms. The van der Waals surface area contributed by atoms with E-state index in [1.165, 1.54) is 3.97 Å². The van der Waals surface area contributed by atoms with E-state index in [-0.39, 0.29) is 24.8 Å². The quantitative estimate of drug-likeness (QED) is 0.669. The second-order valence-electron chi connectivity index (χ2n) is 4.60. The third-order valence-corrected chi connectivity index (χ3v) is 4.56. The molecule has 0 aliphatic carbocycles. The van der Waals surface area contributed by atoms with Crippen LogP contribution in [-0.4, -0.2) is 22.5 Å². The normalized spacial score (nSPS) is 10.2. The Kier molecular flexibility index (Phi) is 7.16. The maximum Gasteiger partial charge on any atom is 0.399 e. The number of halogens is 2. The van der Waals surface area contributed by atoms with E-state index in [0.717, 1.165) is 11.3 Å². The summed E-state index contributed by atoms with van der Waals surface area (Å²) in [5.74, 6) is 0. The van der Waals surface area contributed by atoms with E-state index in [9.17, 15) is 8.42 Å². The van der Waals surface area contributed by atoms with Crippen LogP contribution in [0.4, 0.5) is 5.69 Å². The first-order valence-electron chi connectivity index (χ1n) is 5.92. The third kappa shape index (κ3) is 4.33. The van der Waals surface area contributed by atoms with E-state index in [0.29, 0.717) is 4.90 Å². The van der Waals surface area contributed by atoms with Crippen LogP contribution < -0.4 is 21.3 Å². The molecule has 4 nitrogen and oxygen atoms in total. The second kappa shape index (κ2) is 7.64. The fraction of sp³-hybridized carbons (Fsp3) is 0.214. The molecular weight excluding hydrogens is 331 g/mol. The lowest BCUT2D eigenvalue weighted by molar-refractivity contribution is -0.511. The molecule has 1 heterocycles. The summed E-state index contributed by atoms with van der Waals surface area (Å²) in [5.41, 5.74) is 1.99. The van der Waals surface area contributed by atoms with Gasteiger partial charge in [-0.2, -0.15) is 8.42 Å². The zero-order chi connectivity index (χ0) is 14.0. The molecule has 0 aliphatic heterocycles. The summed E-state index contributed by atoms with van der Waals surface area (Å²) >= 11 is 0. The molecule has 0 amide bonds. The highest BCUT2D eigenvalue weighted by Gasteiger charge is 2.24. The van der Waals surface area contributed by atoms with Gasteiger partial charge in [-0.05, 0) is 19.1 Å². The molecular formula is C14H18Cl2N2O2S. The molecule has 2 aromatic rings. The van der Waals surface area contributed by atoms with Gasteiger partial charge in [0.05, 0.1) is 0 Å². The summed E-state index contributed by atoms with van der Waals surface area (Å²) < 4.78 is 26.0. The smallest absolute Gasteiger partial charge is 0.399 e. The van der Waals surface area contributed by atoms with E-state index in [1.807, 2.05) is 25.9 Å². The van der Waals surface area contributed by atoms with Gasteiger partial charge in [0, 0.05) is 31.9 Å². The number of aromatic nitrogens is 1. The Hall–Kier alpha value is -1.30. The largest absolute Gasteiger partial charge is 1.00 e. The second-order valence-corrected chi connectivity index (χ2v) is 6.44. The van der Waals surface area contributed by atoms with Crippen LogP contribution in [0.1, 0.15) is 5.56 Å². The standard InChI is InChI=1S/C14H17N2O2S.2ClH/c1-12-4-6-14(7-5-12)19(17,18)16-10-8-13(9-11-16)15(2)3;;/h4-11H,1-3H3;2*1H/q+1;;/p-1. The van der Waals surface area contributed by atoms with Crippen LogP contribution in [-0.2, 0) is 10.0 Å². The minimum absolute atomic E-state index is 0. The van der Waals surface area contributed by atoms with Crippen LogP contribution in [0.15, 0.2) is 53.7 Å². The summed E-state index contributed by atoms with van der Waals surface area (Å²) in [6.45, 7) is 1.93. The number of nitrogens with zero attached hydrogens (tertiary/aromatic N) is 2. The van der Waals surface area contributed by atoms with Crippen molar-refractivity contribution in [2.75, 3.05) is 19.0 Å². The molecule has 0 N–H and O–H groups in total. The Labute approximate surface area is 138 Å². The minimum Gasteiger partial charge on any atom is -1.00 e. The van der Waals surface area contributed by atoms with Gasteiger partial charge in [-0.15, -0.1) is 12.4 Å². The first-order valence-corrected chi connectivity index (χ1v) is 7.36. The van der Waals surface area contributed by atoms with Crippen molar-refractivity contribution in [2.45, 2.75) is 11.8 Å². The molecule has 0 unspecified atom stereocenters. The first kappa shape index (κ1) is 19.7. The van der Waals surface area contributed by atoms with Crippen molar-refractivity contribution in [1.82, 2.24) is 0 Å². The zero-order valence-electron chi connectivity index (χ0n) is 12.0. The Morgan fingerprint density at radius 3 is 1.86 bits per heavy atom.